The molecule has 4 rings (SSSR count). The molecule has 1 fully saturated rings. The molecule has 1 aliphatic heterocycles. The van der Waals surface area contributed by atoms with Gasteiger partial charge in [0.1, 0.15) is 12.1 Å². The highest BCUT2D eigenvalue weighted by Crippen LogP contribution is 2.14. The van der Waals surface area contributed by atoms with Gasteiger partial charge in [0.2, 0.25) is 0 Å². The van der Waals surface area contributed by atoms with Gasteiger partial charge in [-0.05, 0) is 6.42 Å². The SMILES string of the molecule is CCCc1cn(-c2c[nH]n(-c3cc(N4CCOCC4)ncn3)c2=O)nn1. The first kappa shape index (κ1) is 16.5. The summed E-state index contributed by atoms with van der Waals surface area (Å²) in [5, 5.41) is 11.1. The number of aromatic nitrogens is 7. The van der Waals surface area contributed by atoms with Gasteiger partial charge in [-0.2, -0.15) is 4.68 Å². The lowest BCUT2D eigenvalue weighted by Crippen LogP contribution is -2.37. The average Bonchev–Trinajstić information content (AvgIpc) is 3.29. The largest absolute Gasteiger partial charge is 0.378 e. The van der Waals surface area contributed by atoms with Gasteiger partial charge in [0.05, 0.1) is 31.3 Å². The lowest BCUT2D eigenvalue weighted by Gasteiger charge is -2.27. The molecule has 0 unspecified atom stereocenters. The number of aromatic amines is 1. The second-order valence-corrected chi connectivity index (χ2v) is 6.04. The van der Waals surface area contributed by atoms with Crippen LogP contribution in [0.1, 0.15) is 19.0 Å². The van der Waals surface area contributed by atoms with E-state index in [9.17, 15) is 4.79 Å². The van der Waals surface area contributed by atoms with Crippen LogP contribution in [0, 0.1) is 0 Å². The Labute approximate surface area is 149 Å². The van der Waals surface area contributed by atoms with Crippen LogP contribution >= 0.6 is 0 Å². The molecule has 0 aliphatic carbocycles. The predicted molar refractivity (Wildman–Crippen MR) is 93.9 cm³/mol. The number of morpholine rings is 1. The number of rotatable bonds is 5. The van der Waals surface area contributed by atoms with E-state index in [4.69, 9.17) is 4.74 Å². The van der Waals surface area contributed by atoms with Crippen LogP contribution in [0.3, 0.4) is 0 Å². The molecule has 3 aromatic heterocycles. The highest BCUT2D eigenvalue weighted by atomic mass is 16.5. The molecule has 4 heterocycles. The Kier molecular flexibility index (Phi) is 4.48. The lowest BCUT2D eigenvalue weighted by molar-refractivity contribution is 0.122. The summed E-state index contributed by atoms with van der Waals surface area (Å²) in [5.74, 6) is 1.25. The quantitative estimate of drug-likeness (QED) is 0.702. The van der Waals surface area contributed by atoms with Crippen molar-refractivity contribution >= 4 is 5.82 Å². The fourth-order valence-corrected chi connectivity index (χ4v) is 2.91. The van der Waals surface area contributed by atoms with Crippen molar-refractivity contribution in [1.82, 2.24) is 34.7 Å². The molecule has 0 radical (unpaired) electrons. The summed E-state index contributed by atoms with van der Waals surface area (Å²) in [6, 6.07) is 1.79. The number of hydrogen-bond acceptors (Lipinski definition) is 7. The van der Waals surface area contributed by atoms with E-state index >= 15 is 0 Å². The predicted octanol–water partition coefficient (Wildman–Crippen LogP) is 0.325. The first-order chi connectivity index (χ1) is 12.8. The lowest BCUT2D eigenvalue weighted by atomic mass is 10.3. The van der Waals surface area contributed by atoms with Crippen molar-refractivity contribution in [2.75, 3.05) is 31.2 Å². The van der Waals surface area contributed by atoms with Crippen molar-refractivity contribution in [3.8, 4) is 11.5 Å². The Morgan fingerprint density at radius 1 is 1.23 bits per heavy atom. The molecular formula is C16H20N8O2. The van der Waals surface area contributed by atoms with Gasteiger partial charge in [-0.15, -0.1) is 5.10 Å². The van der Waals surface area contributed by atoms with E-state index in [0.717, 1.165) is 37.4 Å². The van der Waals surface area contributed by atoms with Crippen LogP contribution < -0.4 is 10.5 Å². The maximum Gasteiger partial charge on any atom is 0.298 e. The third kappa shape index (κ3) is 3.10. The van der Waals surface area contributed by atoms with Gasteiger partial charge in [0, 0.05) is 19.2 Å². The second kappa shape index (κ2) is 7.08. The van der Waals surface area contributed by atoms with Gasteiger partial charge in [0.25, 0.3) is 5.56 Å². The number of ether oxygens (including phenoxy) is 1. The fraction of sp³-hybridized carbons (Fsp3) is 0.438. The molecule has 26 heavy (non-hydrogen) atoms. The molecule has 0 atom stereocenters. The minimum Gasteiger partial charge on any atom is -0.378 e. The number of aryl methyl sites for hydroxylation is 1. The summed E-state index contributed by atoms with van der Waals surface area (Å²) >= 11 is 0. The summed E-state index contributed by atoms with van der Waals surface area (Å²) in [6.07, 6.45) is 6.64. The number of hydrogen-bond donors (Lipinski definition) is 1. The summed E-state index contributed by atoms with van der Waals surface area (Å²) in [7, 11) is 0. The van der Waals surface area contributed by atoms with Crippen molar-refractivity contribution in [2.24, 2.45) is 0 Å². The Hall–Kier alpha value is -3.01. The van der Waals surface area contributed by atoms with Crippen molar-refractivity contribution in [3.63, 3.8) is 0 Å². The zero-order valence-electron chi connectivity index (χ0n) is 14.5. The number of nitrogens with zero attached hydrogens (tertiary/aromatic N) is 7. The molecule has 10 nitrogen and oxygen atoms in total. The monoisotopic (exact) mass is 356 g/mol. The molecule has 0 spiro atoms. The molecule has 0 amide bonds. The molecule has 1 N–H and O–H groups in total. The average molecular weight is 356 g/mol. The van der Waals surface area contributed by atoms with Crippen molar-refractivity contribution in [1.29, 1.82) is 0 Å². The minimum absolute atomic E-state index is 0.246. The smallest absolute Gasteiger partial charge is 0.298 e. The Morgan fingerprint density at radius 2 is 2.04 bits per heavy atom. The highest BCUT2D eigenvalue weighted by Gasteiger charge is 2.16. The van der Waals surface area contributed by atoms with Crippen LogP contribution in [-0.2, 0) is 11.2 Å². The third-order valence-electron chi connectivity index (χ3n) is 4.25. The van der Waals surface area contributed by atoms with Gasteiger partial charge in [0.15, 0.2) is 11.5 Å². The Bertz CT molecular complexity index is 938. The van der Waals surface area contributed by atoms with E-state index < -0.39 is 0 Å². The summed E-state index contributed by atoms with van der Waals surface area (Å²) in [5.41, 5.74) is 1.01. The van der Waals surface area contributed by atoms with Gasteiger partial charge in [-0.1, -0.05) is 18.6 Å². The summed E-state index contributed by atoms with van der Waals surface area (Å²) < 4.78 is 8.23. The molecular weight excluding hydrogens is 336 g/mol. The Balaban J connectivity index is 1.64. The fourth-order valence-electron chi connectivity index (χ4n) is 2.91. The minimum atomic E-state index is -0.246. The normalized spacial score (nSPS) is 14.7. The standard InChI is InChI=1S/C16H20N8O2/c1-2-3-12-10-23(21-20-12)13-9-19-24(16(13)25)15-8-14(17-11-18-15)22-4-6-26-7-5-22/h8-11,19H,2-7H2,1H3. The van der Waals surface area contributed by atoms with Crippen molar-refractivity contribution in [3.05, 3.63) is 40.8 Å². The van der Waals surface area contributed by atoms with Crippen LogP contribution in [-0.4, -0.2) is 61.0 Å². The van der Waals surface area contributed by atoms with E-state index in [1.54, 1.807) is 18.5 Å². The van der Waals surface area contributed by atoms with Crippen LogP contribution in [0.4, 0.5) is 5.82 Å². The molecule has 0 bridgehead atoms. The molecule has 10 heteroatoms. The first-order valence-corrected chi connectivity index (χ1v) is 8.63. The van der Waals surface area contributed by atoms with Crippen LogP contribution in [0.15, 0.2) is 29.6 Å². The molecule has 0 saturated carbocycles. The van der Waals surface area contributed by atoms with Gasteiger partial charge in [-0.3, -0.25) is 9.89 Å². The molecule has 3 aromatic rings. The summed E-state index contributed by atoms with van der Waals surface area (Å²) in [4.78, 5) is 23.4. The first-order valence-electron chi connectivity index (χ1n) is 8.63. The van der Waals surface area contributed by atoms with E-state index in [2.05, 4.69) is 37.2 Å². The molecule has 0 aromatic carbocycles. The van der Waals surface area contributed by atoms with Crippen molar-refractivity contribution < 1.29 is 4.74 Å². The maximum atomic E-state index is 12.8. The van der Waals surface area contributed by atoms with E-state index in [-0.39, 0.29) is 5.56 Å². The second-order valence-electron chi connectivity index (χ2n) is 6.04. The topological polar surface area (TPSA) is 107 Å². The number of H-pyrrole nitrogens is 1. The molecule has 1 aliphatic rings. The number of nitrogens with one attached hydrogen (secondary N) is 1. The molecule has 1 saturated heterocycles. The van der Waals surface area contributed by atoms with Crippen molar-refractivity contribution in [2.45, 2.75) is 19.8 Å². The van der Waals surface area contributed by atoms with Crippen LogP contribution in [0.25, 0.3) is 11.5 Å². The van der Waals surface area contributed by atoms with Gasteiger partial charge < -0.3 is 9.64 Å². The van der Waals surface area contributed by atoms with Crippen LogP contribution in [0.5, 0.6) is 0 Å². The van der Waals surface area contributed by atoms with Gasteiger partial charge >= 0.3 is 0 Å². The molecule has 136 valence electrons. The zero-order chi connectivity index (χ0) is 17.9. The van der Waals surface area contributed by atoms with Gasteiger partial charge in [-0.25, -0.2) is 14.6 Å². The van der Waals surface area contributed by atoms with Crippen LogP contribution in [0.2, 0.25) is 0 Å². The van der Waals surface area contributed by atoms with E-state index in [1.165, 1.54) is 15.7 Å². The third-order valence-corrected chi connectivity index (χ3v) is 4.25. The summed E-state index contributed by atoms with van der Waals surface area (Å²) in [6.45, 7) is 4.93. The number of anilines is 1. The Morgan fingerprint density at radius 3 is 2.85 bits per heavy atom. The highest BCUT2D eigenvalue weighted by molar-refractivity contribution is 5.44. The van der Waals surface area contributed by atoms with E-state index in [1.807, 2.05) is 0 Å². The maximum absolute atomic E-state index is 12.8. The van der Waals surface area contributed by atoms with E-state index in [0.29, 0.717) is 24.7 Å². The zero-order valence-corrected chi connectivity index (χ0v) is 14.5.